The highest BCUT2D eigenvalue weighted by Gasteiger charge is 2.22. The Labute approximate surface area is 165 Å². The van der Waals surface area contributed by atoms with E-state index in [1.807, 2.05) is 0 Å². The normalized spacial score (nSPS) is 20.4. The number of morpholine rings is 1. The highest BCUT2D eigenvalue weighted by Crippen LogP contribution is 2.26. The summed E-state index contributed by atoms with van der Waals surface area (Å²) < 4.78 is 19.4. The van der Waals surface area contributed by atoms with E-state index in [4.69, 9.17) is 4.74 Å². The maximum absolute atomic E-state index is 14.1. The molecule has 27 heavy (non-hydrogen) atoms. The van der Waals surface area contributed by atoms with Gasteiger partial charge in [-0.2, -0.15) is 0 Å². The van der Waals surface area contributed by atoms with E-state index in [-0.39, 0.29) is 48.3 Å². The van der Waals surface area contributed by atoms with Crippen LogP contribution in [0.3, 0.4) is 0 Å². The molecule has 1 unspecified atom stereocenters. The van der Waals surface area contributed by atoms with Crippen molar-refractivity contribution in [2.24, 2.45) is 5.92 Å². The maximum Gasteiger partial charge on any atom is 0.227 e. The summed E-state index contributed by atoms with van der Waals surface area (Å²) in [6.45, 7) is 1.88. The number of rotatable bonds is 5. The number of carbonyl (C=O) groups excluding carboxylic acids is 2. The van der Waals surface area contributed by atoms with Crippen molar-refractivity contribution in [3.8, 4) is 0 Å². The summed E-state index contributed by atoms with van der Waals surface area (Å²) in [6, 6.07) is 4.20. The molecule has 1 saturated heterocycles. The molecule has 2 fully saturated rings. The van der Waals surface area contributed by atoms with Crippen molar-refractivity contribution in [3.05, 3.63) is 24.0 Å². The van der Waals surface area contributed by atoms with Gasteiger partial charge in [-0.3, -0.25) is 9.59 Å². The number of benzene rings is 1. The monoisotopic (exact) mass is 399 g/mol. The molecule has 0 radical (unpaired) electrons. The standard InChI is InChI=1S/C19H26FN3O3.ClH/c20-16-7-6-14(22-18(24)11-15-12-26-9-8-21-15)10-17(16)23-19(25)13-4-2-1-3-5-13;/h6-7,10,13,15,21H,1-5,8-9,11-12H2,(H,22,24)(H,23,25);1H. The Morgan fingerprint density at radius 2 is 1.96 bits per heavy atom. The maximum atomic E-state index is 14.1. The van der Waals surface area contributed by atoms with Gasteiger partial charge in [0.2, 0.25) is 11.8 Å². The summed E-state index contributed by atoms with van der Waals surface area (Å²) in [6.07, 6.45) is 5.20. The zero-order valence-electron chi connectivity index (χ0n) is 15.3. The second kappa shape index (κ2) is 10.6. The summed E-state index contributed by atoms with van der Waals surface area (Å²) in [5.41, 5.74) is 0.574. The SMILES string of the molecule is Cl.O=C(CC1COCCN1)Nc1ccc(F)c(NC(=O)C2CCCCC2)c1. The third-order valence-electron chi connectivity index (χ3n) is 4.91. The molecule has 1 atom stereocenters. The first kappa shape index (κ1) is 21.6. The number of anilines is 2. The van der Waals surface area contributed by atoms with Gasteiger partial charge in [-0.1, -0.05) is 19.3 Å². The molecule has 0 aromatic heterocycles. The molecule has 0 bridgehead atoms. The molecule has 6 nitrogen and oxygen atoms in total. The Bertz CT molecular complexity index is 647. The smallest absolute Gasteiger partial charge is 0.227 e. The van der Waals surface area contributed by atoms with E-state index in [2.05, 4.69) is 16.0 Å². The minimum atomic E-state index is -0.505. The molecular formula is C19H27ClFN3O3. The molecule has 3 rings (SSSR count). The van der Waals surface area contributed by atoms with Crippen molar-refractivity contribution in [2.45, 2.75) is 44.6 Å². The molecule has 1 aromatic carbocycles. The van der Waals surface area contributed by atoms with E-state index in [0.717, 1.165) is 38.6 Å². The molecular weight excluding hydrogens is 373 g/mol. The van der Waals surface area contributed by atoms with Gasteiger partial charge < -0.3 is 20.7 Å². The Morgan fingerprint density at radius 3 is 2.67 bits per heavy atom. The third-order valence-corrected chi connectivity index (χ3v) is 4.91. The highest BCUT2D eigenvalue weighted by molar-refractivity contribution is 5.95. The van der Waals surface area contributed by atoms with Crippen LogP contribution in [0.1, 0.15) is 38.5 Å². The first-order valence-corrected chi connectivity index (χ1v) is 9.33. The molecule has 1 heterocycles. The van der Waals surface area contributed by atoms with Crippen LogP contribution in [0.2, 0.25) is 0 Å². The molecule has 1 aliphatic carbocycles. The molecule has 2 aliphatic rings. The first-order valence-electron chi connectivity index (χ1n) is 9.33. The summed E-state index contributed by atoms with van der Waals surface area (Å²) in [7, 11) is 0. The zero-order chi connectivity index (χ0) is 18.4. The highest BCUT2D eigenvalue weighted by atomic mass is 35.5. The van der Waals surface area contributed by atoms with Gasteiger partial charge in [-0.25, -0.2) is 4.39 Å². The van der Waals surface area contributed by atoms with Crippen LogP contribution in [0, 0.1) is 11.7 Å². The lowest BCUT2D eigenvalue weighted by Crippen LogP contribution is -2.43. The van der Waals surface area contributed by atoms with Gasteiger partial charge in [0.1, 0.15) is 5.82 Å². The fraction of sp³-hybridized carbons (Fsp3) is 0.579. The van der Waals surface area contributed by atoms with Crippen LogP contribution in [0.25, 0.3) is 0 Å². The minimum absolute atomic E-state index is 0. The Hall–Kier alpha value is -1.70. The van der Waals surface area contributed by atoms with Crippen molar-refractivity contribution in [3.63, 3.8) is 0 Å². The predicted octanol–water partition coefficient (Wildman–Crippen LogP) is 3.08. The topological polar surface area (TPSA) is 79.5 Å². The van der Waals surface area contributed by atoms with Gasteiger partial charge in [-0.05, 0) is 31.0 Å². The number of nitrogens with one attached hydrogen (secondary N) is 3. The summed E-state index contributed by atoms with van der Waals surface area (Å²) >= 11 is 0. The lowest BCUT2D eigenvalue weighted by Gasteiger charge is -2.23. The predicted molar refractivity (Wildman–Crippen MR) is 105 cm³/mol. The fourth-order valence-electron chi connectivity index (χ4n) is 3.49. The number of amides is 2. The van der Waals surface area contributed by atoms with E-state index in [0.29, 0.717) is 18.9 Å². The quantitative estimate of drug-likeness (QED) is 0.710. The average molecular weight is 400 g/mol. The van der Waals surface area contributed by atoms with Crippen LogP contribution in [-0.4, -0.2) is 37.6 Å². The van der Waals surface area contributed by atoms with E-state index in [9.17, 15) is 14.0 Å². The Kier molecular flexibility index (Phi) is 8.47. The Balaban J connectivity index is 0.00000261. The third kappa shape index (κ3) is 6.45. The molecule has 1 aliphatic heterocycles. The molecule has 150 valence electrons. The van der Waals surface area contributed by atoms with Gasteiger partial charge in [0.05, 0.1) is 18.9 Å². The van der Waals surface area contributed by atoms with Gasteiger partial charge >= 0.3 is 0 Å². The number of ether oxygens (including phenoxy) is 1. The van der Waals surface area contributed by atoms with Crippen molar-refractivity contribution in [1.29, 1.82) is 0 Å². The van der Waals surface area contributed by atoms with Crippen molar-refractivity contribution >= 4 is 35.6 Å². The van der Waals surface area contributed by atoms with Gasteiger partial charge in [-0.15, -0.1) is 12.4 Å². The lowest BCUT2D eigenvalue weighted by atomic mass is 9.88. The lowest BCUT2D eigenvalue weighted by molar-refractivity contribution is -0.120. The molecule has 2 amide bonds. The van der Waals surface area contributed by atoms with Gasteiger partial charge in [0, 0.05) is 30.6 Å². The number of hydrogen-bond donors (Lipinski definition) is 3. The van der Waals surface area contributed by atoms with Gasteiger partial charge in [0.15, 0.2) is 0 Å². The van der Waals surface area contributed by atoms with Crippen LogP contribution < -0.4 is 16.0 Å². The summed E-state index contributed by atoms with van der Waals surface area (Å²) in [5, 5.41) is 8.65. The van der Waals surface area contributed by atoms with Crippen molar-refractivity contribution in [2.75, 3.05) is 30.4 Å². The number of halogens is 2. The van der Waals surface area contributed by atoms with E-state index in [1.165, 1.54) is 18.2 Å². The Morgan fingerprint density at radius 1 is 1.19 bits per heavy atom. The van der Waals surface area contributed by atoms with Crippen LogP contribution >= 0.6 is 12.4 Å². The van der Waals surface area contributed by atoms with Gasteiger partial charge in [0.25, 0.3) is 0 Å². The molecule has 3 N–H and O–H groups in total. The molecule has 8 heteroatoms. The second-order valence-corrected chi connectivity index (χ2v) is 7.00. The van der Waals surface area contributed by atoms with Crippen LogP contribution in [0.4, 0.5) is 15.8 Å². The molecule has 1 saturated carbocycles. The largest absolute Gasteiger partial charge is 0.378 e. The first-order chi connectivity index (χ1) is 12.6. The van der Waals surface area contributed by atoms with Crippen molar-refractivity contribution < 1.29 is 18.7 Å². The average Bonchev–Trinajstić information content (AvgIpc) is 2.66. The van der Waals surface area contributed by atoms with E-state index >= 15 is 0 Å². The number of carbonyl (C=O) groups is 2. The zero-order valence-corrected chi connectivity index (χ0v) is 16.1. The van der Waals surface area contributed by atoms with Crippen LogP contribution in [0.15, 0.2) is 18.2 Å². The van der Waals surface area contributed by atoms with Crippen molar-refractivity contribution in [1.82, 2.24) is 5.32 Å². The van der Waals surface area contributed by atoms with E-state index < -0.39 is 5.82 Å². The fourth-order valence-corrected chi connectivity index (χ4v) is 3.49. The molecule has 1 aromatic rings. The van der Waals surface area contributed by atoms with E-state index in [1.54, 1.807) is 0 Å². The summed E-state index contributed by atoms with van der Waals surface area (Å²) in [5.74, 6) is -0.881. The van der Waals surface area contributed by atoms with Crippen LogP contribution in [0.5, 0.6) is 0 Å². The summed E-state index contributed by atoms with van der Waals surface area (Å²) in [4.78, 5) is 24.5. The molecule has 0 spiro atoms. The second-order valence-electron chi connectivity index (χ2n) is 7.00. The minimum Gasteiger partial charge on any atom is -0.378 e. The van der Waals surface area contributed by atoms with Crippen LogP contribution in [-0.2, 0) is 14.3 Å². The number of hydrogen-bond acceptors (Lipinski definition) is 4.